The lowest BCUT2D eigenvalue weighted by Gasteiger charge is -2.30. The van der Waals surface area contributed by atoms with Gasteiger partial charge in [-0.1, -0.05) is 6.07 Å². The highest BCUT2D eigenvalue weighted by Gasteiger charge is 2.26. The summed E-state index contributed by atoms with van der Waals surface area (Å²) < 4.78 is 5.03. The summed E-state index contributed by atoms with van der Waals surface area (Å²) in [5.41, 5.74) is -0.0898. The number of non-ortho nitro benzene ring substituents is 1. The SMILES string of the molecule is CCOC(=O)C1CCCN(/C=C(/C#N)C(=O)Nc2cccc([N+](=O)[O-])c2)C1. The Labute approximate surface area is 156 Å². The number of carbonyl (C=O) groups is 2. The van der Waals surface area contributed by atoms with Crippen molar-refractivity contribution in [2.24, 2.45) is 5.92 Å². The molecule has 1 saturated heterocycles. The Bertz CT molecular complexity index is 799. The minimum Gasteiger partial charge on any atom is -0.466 e. The molecule has 1 fully saturated rings. The summed E-state index contributed by atoms with van der Waals surface area (Å²) in [4.78, 5) is 36.2. The summed E-state index contributed by atoms with van der Waals surface area (Å²) in [6.45, 7) is 3.03. The first kappa shape index (κ1) is 19.9. The van der Waals surface area contributed by atoms with Gasteiger partial charge in [0.25, 0.3) is 11.6 Å². The van der Waals surface area contributed by atoms with Crippen molar-refractivity contribution in [3.05, 3.63) is 46.2 Å². The third-order valence-corrected chi connectivity index (χ3v) is 4.06. The molecular formula is C18H20N4O5. The van der Waals surface area contributed by atoms with E-state index in [4.69, 9.17) is 4.74 Å². The van der Waals surface area contributed by atoms with Gasteiger partial charge >= 0.3 is 5.97 Å². The number of hydrogen-bond donors (Lipinski definition) is 1. The maximum absolute atomic E-state index is 12.3. The number of likely N-dealkylation sites (tertiary alicyclic amines) is 1. The van der Waals surface area contributed by atoms with Gasteiger partial charge in [0.05, 0.1) is 17.4 Å². The number of esters is 1. The van der Waals surface area contributed by atoms with Crippen LogP contribution in [-0.2, 0) is 14.3 Å². The van der Waals surface area contributed by atoms with Gasteiger partial charge in [0, 0.05) is 37.1 Å². The van der Waals surface area contributed by atoms with Gasteiger partial charge in [-0.2, -0.15) is 5.26 Å². The van der Waals surface area contributed by atoms with Gasteiger partial charge in [-0.15, -0.1) is 0 Å². The zero-order valence-corrected chi connectivity index (χ0v) is 14.9. The fraction of sp³-hybridized carbons (Fsp3) is 0.389. The van der Waals surface area contributed by atoms with E-state index in [2.05, 4.69) is 5.32 Å². The summed E-state index contributed by atoms with van der Waals surface area (Å²) in [6.07, 6.45) is 2.86. The number of nitro benzene ring substituents is 1. The molecule has 1 aliphatic rings. The summed E-state index contributed by atoms with van der Waals surface area (Å²) in [5.74, 6) is -1.25. The topological polar surface area (TPSA) is 126 Å². The van der Waals surface area contributed by atoms with Crippen LogP contribution in [0.15, 0.2) is 36.0 Å². The molecule has 2 rings (SSSR count). The highest BCUT2D eigenvalue weighted by molar-refractivity contribution is 6.06. The van der Waals surface area contributed by atoms with E-state index in [0.717, 1.165) is 6.42 Å². The lowest BCUT2D eigenvalue weighted by Crippen LogP contribution is -2.37. The van der Waals surface area contributed by atoms with E-state index < -0.39 is 10.8 Å². The van der Waals surface area contributed by atoms with Gasteiger partial charge in [-0.25, -0.2) is 0 Å². The van der Waals surface area contributed by atoms with Crippen molar-refractivity contribution >= 4 is 23.3 Å². The Balaban J connectivity index is 2.07. The Morgan fingerprint density at radius 3 is 2.96 bits per heavy atom. The largest absolute Gasteiger partial charge is 0.466 e. The van der Waals surface area contributed by atoms with Gasteiger partial charge in [-0.3, -0.25) is 19.7 Å². The molecule has 0 spiro atoms. The average Bonchev–Trinajstić information content (AvgIpc) is 2.66. The molecule has 0 saturated carbocycles. The highest BCUT2D eigenvalue weighted by Crippen LogP contribution is 2.20. The number of amides is 1. The number of nitrogens with one attached hydrogen (secondary N) is 1. The number of nitrogens with zero attached hydrogens (tertiary/aromatic N) is 3. The highest BCUT2D eigenvalue weighted by atomic mass is 16.6. The second kappa shape index (κ2) is 9.33. The van der Waals surface area contributed by atoms with Crippen molar-refractivity contribution in [1.29, 1.82) is 5.26 Å². The molecule has 0 aromatic heterocycles. The van der Waals surface area contributed by atoms with Crippen molar-refractivity contribution in [2.45, 2.75) is 19.8 Å². The Morgan fingerprint density at radius 2 is 2.30 bits per heavy atom. The number of piperidine rings is 1. The van der Waals surface area contributed by atoms with E-state index in [1.165, 1.54) is 30.5 Å². The van der Waals surface area contributed by atoms with Gasteiger partial charge in [0.1, 0.15) is 11.6 Å². The minimum atomic E-state index is -0.670. The first-order valence-electron chi connectivity index (χ1n) is 8.53. The zero-order valence-electron chi connectivity index (χ0n) is 14.9. The van der Waals surface area contributed by atoms with Crippen LogP contribution < -0.4 is 5.32 Å². The first-order chi connectivity index (χ1) is 12.9. The number of hydrogen-bond acceptors (Lipinski definition) is 7. The van der Waals surface area contributed by atoms with Crippen LogP contribution in [0.2, 0.25) is 0 Å². The molecule has 1 aliphatic heterocycles. The third kappa shape index (κ3) is 5.54. The molecule has 0 radical (unpaired) electrons. The normalized spacial score (nSPS) is 17.0. The molecule has 1 amide bonds. The molecule has 0 aliphatic carbocycles. The van der Waals surface area contributed by atoms with E-state index in [-0.39, 0.29) is 28.8 Å². The summed E-state index contributed by atoms with van der Waals surface area (Å²) in [6, 6.07) is 7.29. The quantitative estimate of drug-likeness (QED) is 0.267. The number of nitro groups is 1. The zero-order chi connectivity index (χ0) is 19.8. The van der Waals surface area contributed by atoms with Crippen molar-refractivity contribution in [3.8, 4) is 6.07 Å². The average molecular weight is 372 g/mol. The van der Waals surface area contributed by atoms with Crippen molar-refractivity contribution in [3.63, 3.8) is 0 Å². The second-order valence-electron chi connectivity index (χ2n) is 6.00. The Morgan fingerprint density at radius 1 is 1.52 bits per heavy atom. The summed E-state index contributed by atoms with van der Waals surface area (Å²) >= 11 is 0. The lowest BCUT2D eigenvalue weighted by atomic mass is 9.98. The maximum Gasteiger partial charge on any atom is 0.310 e. The fourth-order valence-electron chi connectivity index (χ4n) is 2.79. The maximum atomic E-state index is 12.3. The molecule has 1 atom stereocenters. The van der Waals surface area contributed by atoms with E-state index in [1.54, 1.807) is 11.8 Å². The van der Waals surface area contributed by atoms with Gasteiger partial charge in [-0.05, 0) is 25.8 Å². The molecule has 1 N–H and O–H groups in total. The summed E-state index contributed by atoms with van der Waals surface area (Å²) in [7, 11) is 0. The van der Waals surface area contributed by atoms with E-state index >= 15 is 0 Å². The molecule has 9 heteroatoms. The minimum absolute atomic E-state index is 0.147. The lowest BCUT2D eigenvalue weighted by molar-refractivity contribution is -0.384. The number of rotatable bonds is 6. The molecular weight excluding hydrogens is 352 g/mol. The first-order valence-corrected chi connectivity index (χ1v) is 8.53. The van der Waals surface area contributed by atoms with E-state index in [1.807, 2.05) is 6.07 Å². The van der Waals surface area contributed by atoms with Crippen LogP contribution >= 0.6 is 0 Å². The number of ether oxygens (including phenoxy) is 1. The second-order valence-corrected chi connectivity index (χ2v) is 6.00. The van der Waals surface area contributed by atoms with Crippen LogP contribution in [0.5, 0.6) is 0 Å². The van der Waals surface area contributed by atoms with Crippen LogP contribution in [-0.4, -0.2) is 41.4 Å². The number of carbonyl (C=O) groups excluding carboxylic acids is 2. The van der Waals surface area contributed by atoms with Crippen LogP contribution in [0.3, 0.4) is 0 Å². The predicted octanol–water partition coefficient (Wildman–Crippen LogP) is 2.22. The van der Waals surface area contributed by atoms with E-state index in [0.29, 0.717) is 26.1 Å². The number of benzene rings is 1. The van der Waals surface area contributed by atoms with Crippen LogP contribution in [0.1, 0.15) is 19.8 Å². The molecule has 1 heterocycles. The Hall–Kier alpha value is -3.41. The van der Waals surface area contributed by atoms with E-state index in [9.17, 15) is 25.0 Å². The fourth-order valence-corrected chi connectivity index (χ4v) is 2.79. The van der Waals surface area contributed by atoms with Crippen LogP contribution in [0.25, 0.3) is 0 Å². The predicted molar refractivity (Wildman–Crippen MR) is 96.4 cm³/mol. The van der Waals surface area contributed by atoms with Crippen LogP contribution in [0, 0.1) is 27.4 Å². The van der Waals surface area contributed by atoms with Gasteiger partial charge in [0.15, 0.2) is 0 Å². The third-order valence-electron chi connectivity index (χ3n) is 4.06. The summed E-state index contributed by atoms with van der Waals surface area (Å²) in [5, 5.41) is 22.6. The van der Waals surface area contributed by atoms with Crippen molar-refractivity contribution < 1.29 is 19.2 Å². The van der Waals surface area contributed by atoms with Gasteiger partial charge < -0.3 is 15.0 Å². The molecule has 1 aromatic carbocycles. The molecule has 9 nitrogen and oxygen atoms in total. The molecule has 27 heavy (non-hydrogen) atoms. The van der Waals surface area contributed by atoms with Crippen LogP contribution in [0.4, 0.5) is 11.4 Å². The standard InChI is InChI=1S/C18H20N4O5/c1-2-27-18(24)13-5-4-8-21(11-13)12-14(10-19)17(23)20-15-6-3-7-16(9-15)22(25)26/h3,6-7,9,12-13H,2,4-5,8,11H2,1H3,(H,20,23)/b14-12-. The molecule has 0 bridgehead atoms. The number of anilines is 1. The Kier molecular flexibility index (Phi) is 6.88. The monoisotopic (exact) mass is 372 g/mol. The number of nitriles is 1. The molecule has 1 aromatic rings. The van der Waals surface area contributed by atoms with Crippen molar-refractivity contribution in [1.82, 2.24) is 4.90 Å². The van der Waals surface area contributed by atoms with Crippen molar-refractivity contribution in [2.75, 3.05) is 25.0 Å². The molecule has 1 unspecified atom stereocenters. The molecule has 142 valence electrons. The van der Waals surface area contributed by atoms with Gasteiger partial charge in [0.2, 0.25) is 0 Å². The smallest absolute Gasteiger partial charge is 0.310 e.